The predicted octanol–water partition coefficient (Wildman–Crippen LogP) is 4.56. The first-order valence-electron chi connectivity index (χ1n) is 9.22. The first kappa shape index (κ1) is 18.5. The normalized spacial score (nSPS) is 13.4. The summed E-state index contributed by atoms with van der Waals surface area (Å²) in [7, 11) is 3.28. The summed E-state index contributed by atoms with van der Waals surface area (Å²) in [6.07, 6.45) is 4.04. The Labute approximate surface area is 168 Å². The summed E-state index contributed by atoms with van der Waals surface area (Å²) in [6, 6.07) is 15.2. The van der Waals surface area contributed by atoms with Crippen LogP contribution in [0.1, 0.15) is 50.6 Å². The molecule has 1 aliphatic rings. The molecule has 3 aromatic rings. The van der Waals surface area contributed by atoms with Crippen LogP contribution in [0.25, 0.3) is 0 Å². The summed E-state index contributed by atoms with van der Waals surface area (Å²) >= 11 is 1.49. The minimum absolute atomic E-state index is 0.110. The molecule has 0 aliphatic heterocycles. The minimum Gasteiger partial charge on any atom is -0.497 e. The van der Waals surface area contributed by atoms with Gasteiger partial charge in [0.2, 0.25) is 0 Å². The number of rotatable bonds is 7. The SMILES string of the molecule is COc1ccc(C(NC(=O)c2cnc(C3CC3)s2)c2ccc(OC)cc2)cc1. The van der Waals surface area contributed by atoms with Crippen molar-refractivity contribution < 1.29 is 14.3 Å². The molecule has 6 heteroatoms. The third-order valence-corrected chi connectivity index (χ3v) is 6.01. The average molecular weight is 394 g/mol. The van der Waals surface area contributed by atoms with Crippen LogP contribution in [0.3, 0.4) is 0 Å². The molecule has 1 heterocycles. The van der Waals surface area contributed by atoms with E-state index in [0.717, 1.165) is 27.6 Å². The number of benzene rings is 2. The molecular weight excluding hydrogens is 372 g/mol. The van der Waals surface area contributed by atoms with E-state index in [1.165, 1.54) is 24.2 Å². The zero-order valence-electron chi connectivity index (χ0n) is 15.8. The standard InChI is InChI=1S/C22H22N2O3S/c1-26-17-9-5-14(6-10-17)20(15-7-11-18(27-2)12-8-15)24-21(25)19-13-23-22(28-19)16-3-4-16/h5-13,16,20H,3-4H2,1-2H3,(H,24,25). The van der Waals surface area contributed by atoms with E-state index >= 15 is 0 Å². The molecule has 0 unspecified atom stereocenters. The van der Waals surface area contributed by atoms with Gasteiger partial charge < -0.3 is 14.8 Å². The molecule has 0 radical (unpaired) electrons. The van der Waals surface area contributed by atoms with Crippen molar-refractivity contribution in [2.75, 3.05) is 14.2 Å². The molecule has 28 heavy (non-hydrogen) atoms. The molecule has 0 saturated heterocycles. The van der Waals surface area contributed by atoms with Gasteiger partial charge in [0, 0.05) is 5.92 Å². The molecule has 0 bridgehead atoms. The molecule has 0 atom stereocenters. The number of thiazole rings is 1. The highest BCUT2D eigenvalue weighted by Crippen LogP contribution is 2.41. The number of aromatic nitrogens is 1. The van der Waals surface area contributed by atoms with E-state index in [1.54, 1.807) is 20.4 Å². The Balaban J connectivity index is 1.61. The third kappa shape index (κ3) is 4.02. The number of carbonyl (C=O) groups excluding carboxylic acids is 1. The Hall–Kier alpha value is -2.86. The van der Waals surface area contributed by atoms with E-state index in [0.29, 0.717) is 10.8 Å². The van der Waals surface area contributed by atoms with Crippen molar-refractivity contribution in [3.8, 4) is 11.5 Å². The first-order chi connectivity index (χ1) is 13.7. The molecule has 0 spiro atoms. The van der Waals surface area contributed by atoms with E-state index in [9.17, 15) is 4.79 Å². The van der Waals surface area contributed by atoms with Crippen molar-refractivity contribution in [1.82, 2.24) is 10.3 Å². The summed E-state index contributed by atoms with van der Waals surface area (Å²) < 4.78 is 10.5. The Morgan fingerprint density at radius 3 is 2.00 bits per heavy atom. The predicted molar refractivity (Wildman–Crippen MR) is 109 cm³/mol. The van der Waals surface area contributed by atoms with E-state index in [2.05, 4.69) is 10.3 Å². The smallest absolute Gasteiger partial charge is 0.263 e. The average Bonchev–Trinajstić information content (AvgIpc) is 3.48. The van der Waals surface area contributed by atoms with E-state index in [1.807, 2.05) is 48.5 Å². The maximum Gasteiger partial charge on any atom is 0.263 e. The van der Waals surface area contributed by atoms with Crippen molar-refractivity contribution in [3.63, 3.8) is 0 Å². The second-order valence-electron chi connectivity index (χ2n) is 6.79. The van der Waals surface area contributed by atoms with Gasteiger partial charge in [-0.15, -0.1) is 11.3 Å². The Kier molecular flexibility index (Phi) is 5.30. The number of nitrogens with zero attached hydrogens (tertiary/aromatic N) is 1. The summed E-state index contributed by atoms with van der Waals surface area (Å²) in [6.45, 7) is 0. The summed E-state index contributed by atoms with van der Waals surface area (Å²) in [5.74, 6) is 1.99. The van der Waals surface area contributed by atoms with Gasteiger partial charge in [-0.1, -0.05) is 24.3 Å². The Morgan fingerprint density at radius 1 is 1.00 bits per heavy atom. The highest BCUT2D eigenvalue weighted by molar-refractivity contribution is 7.13. The van der Waals surface area contributed by atoms with Crippen molar-refractivity contribution in [1.29, 1.82) is 0 Å². The van der Waals surface area contributed by atoms with E-state index in [4.69, 9.17) is 9.47 Å². The molecule has 144 valence electrons. The fraction of sp³-hybridized carbons (Fsp3) is 0.273. The number of carbonyl (C=O) groups is 1. The number of nitrogens with one attached hydrogen (secondary N) is 1. The number of hydrogen-bond donors (Lipinski definition) is 1. The largest absolute Gasteiger partial charge is 0.497 e. The molecule has 4 rings (SSSR count). The summed E-state index contributed by atoms with van der Waals surface area (Å²) in [5.41, 5.74) is 1.96. The second-order valence-corrected chi connectivity index (χ2v) is 7.85. The fourth-order valence-electron chi connectivity index (χ4n) is 3.07. The van der Waals surface area contributed by atoms with Crippen molar-refractivity contribution >= 4 is 17.2 Å². The van der Waals surface area contributed by atoms with Gasteiger partial charge in [-0.3, -0.25) is 4.79 Å². The van der Waals surface area contributed by atoms with Crippen LogP contribution in [-0.2, 0) is 0 Å². The fourth-order valence-corrected chi connectivity index (χ4v) is 4.06. The zero-order chi connectivity index (χ0) is 19.5. The number of amides is 1. The lowest BCUT2D eigenvalue weighted by molar-refractivity contribution is 0.0947. The third-order valence-electron chi connectivity index (χ3n) is 4.85. The molecule has 2 aromatic carbocycles. The van der Waals surface area contributed by atoms with Crippen LogP contribution in [0, 0.1) is 0 Å². The van der Waals surface area contributed by atoms with Crippen LogP contribution in [0.5, 0.6) is 11.5 Å². The van der Waals surface area contributed by atoms with Crippen LogP contribution in [0.15, 0.2) is 54.7 Å². The monoisotopic (exact) mass is 394 g/mol. The first-order valence-corrected chi connectivity index (χ1v) is 10.0. The minimum atomic E-state index is -0.282. The molecule has 1 fully saturated rings. The van der Waals surface area contributed by atoms with Crippen molar-refractivity contribution in [2.24, 2.45) is 0 Å². The number of hydrogen-bond acceptors (Lipinski definition) is 5. The van der Waals surface area contributed by atoms with Crippen LogP contribution in [0.2, 0.25) is 0 Å². The molecule has 5 nitrogen and oxygen atoms in total. The van der Waals surface area contributed by atoms with Crippen LogP contribution in [0.4, 0.5) is 0 Å². The quantitative estimate of drug-likeness (QED) is 0.638. The molecular formula is C22H22N2O3S. The molecule has 1 aliphatic carbocycles. The summed E-state index contributed by atoms with van der Waals surface area (Å²) in [5, 5.41) is 4.23. The molecule has 1 saturated carbocycles. The Bertz CT molecular complexity index is 899. The lowest BCUT2D eigenvalue weighted by atomic mass is 9.98. The lowest BCUT2D eigenvalue weighted by Crippen LogP contribution is -2.28. The maximum atomic E-state index is 12.9. The van der Waals surface area contributed by atoms with Gasteiger partial charge in [-0.2, -0.15) is 0 Å². The summed E-state index contributed by atoms with van der Waals surface area (Å²) in [4.78, 5) is 18.0. The van der Waals surface area contributed by atoms with Gasteiger partial charge in [0.15, 0.2) is 0 Å². The lowest BCUT2D eigenvalue weighted by Gasteiger charge is -2.20. The van der Waals surface area contributed by atoms with Crippen molar-refractivity contribution in [3.05, 3.63) is 75.7 Å². The zero-order valence-corrected chi connectivity index (χ0v) is 16.7. The number of ether oxygens (including phenoxy) is 2. The van der Waals surface area contributed by atoms with E-state index in [-0.39, 0.29) is 11.9 Å². The molecule has 1 N–H and O–H groups in total. The van der Waals surface area contributed by atoms with Gasteiger partial charge in [0.1, 0.15) is 16.4 Å². The van der Waals surface area contributed by atoms with Crippen molar-refractivity contribution in [2.45, 2.75) is 24.8 Å². The van der Waals surface area contributed by atoms with Gasteiger partial charge in [0.05, 0.1) is 31.5 Å². The van der Waals surface area contributed by atoms with Crippen LogP contribution in [-0.4, -0.2) is 25.1 Å². The van der Waals surface area contributed by atoms with Gasteiger partial charge in [-0.05, 0) is 48.2 Å². The topological polar surface area (TPSA) is 60.5 Å². The van der Waals surface area contributed by atoms with E-state index < -0.39 is 0 Å². The van der Waals surface area contributed by atoms with Gasteiger partial charge >= 0.3 is 0 Å². The number of methoxy groups -OCH3 is 2. The van der Waals surface area contributed by atoms with Crippen LogP contribution < -0.4 is 14.8 Å². The highest BCUT2D eigenvalue weighted by Gasteiger charge is 2.28. The maximum absolute atomic E-state index is 12.9. The van der Waals surface area contributed by atoms with Crippen LogP contribution >= 0.6 is 11.3 Å². The second kappa shape index (κ2) is 8.02. The van der Waals surface area contributed by atoms with Gasteiger partial charge in [0.25, 0.3) is 5.91 Å². The highest BCUT2D eigenvalue weighted by atomic mass is 32.1. The molecule has 1 amide bonds. The molecule has 1 aromatic heterocycles. The Morgan fingerprint density at radius 2 is 1.54 bits per heavy atom. The van der Waals surface area contributed by atoms with Gasteiger partial charge in [-0.25, -0.2) is 4.98 Å².